The minimum absolute atomic E-state index is 0.0641. The number of nitrogens with two attached hydrogens (primary N) is 1. The normalized spacial score (nSPS) is 11.3. The molecule has 1 aromatic carbocycles. The van der Waals surface area contributed by atoms with Gasteiger partial charge in [-0.15, -0.1) is 0 Å². The fourth-order valence-corrected chi connectivity index (χ4v) is 2.64. The van der Waals surface area contributed by atoms with Gasteiger partial charge in [0.05, 0.1) is 5.52 Å². The van der Waals surface area contributed by atoms with Crippen LogP contribution in [0.2, 0.25) is 0 Å². The third kappa shape index (κ3) is 2.42. The first-order valence-corrected chi connectivity index (χ1v) is 7.40. The Balaban J connectivity index is 2.22. The van der Waals surface area contributed by atoms with Crippen molar-refractivity contribution in [3.63, 3.8) is 0 Å². The Morgan fingerprint density at radius 1 is 1.18 bits per heavy atom. The predicted octanol–water partition coefficient (Wildman–Crippen LogP) is 3.46. The molecule has 0 aliphatic heterocycles. The van der Waals surface area contributed by atoms with Crippen molar-refractivity contribution in [2.45, 2.75) is 20.4 Å². The molecular formula is C18H19N3O. The molecule has 0 amide bonds. The van der Waals surface area contributed by atoms with E-state index in [1.165, 1.54) is 0 Å². The summed E-state index contributed by atoms with van der Waals surface area (Å²) in [5, 5.41) is 1.04. The quantitative estimate of drug-likeness (QED) is 0.804. The average Bonchev–Trinajstić information content (AvgIpc) is 2.92. The van der Waals surface area contributed by atoms with Gasteiger partial charge in [0, 0.05) is 36.4 Å². The molecule has 0 atom stereocenters. The lowest BCUT2D eigenvalue weighted by atomic mass is 10.0. The van der Waals surface area contributed by atoms with Crippen LogP contribution >= 0.6 is 0 Å². The molecular weight excluding hydrogens is 274 g/mol. The van der Waals surface area contributed by atoms with Crippen LogP contribution in [0.4, 0.5) is 0 Å². The Labute approximate surface area is 129 Å². The zero-order valence-corrected chi connectivity index (χ0v) is 12.8. The van der Waals surface area contributed by atoms with Gasteiger partial charge in [-0.25, -0.2) is 0 Å². The van der Waals surface area contributed by atoms with Gasteiger partial charge in [-0.1, -0.05) is 26.0 Å². The molecule has 0 radical (unpaired) electrons. The smallest absolute Gasteiger partial charge is 0.233 e. The van der Waals surface area contributed by atoms with Crippen LogP contribution in [0.5, 0.6) is 0 Å². The molecule has 0 saturated carbocycles. The van der Waals surface area contributed by atoms with Gasteiger partial charge in [-0.2, -0.15) is 0 Å². The predicted molar refractivity (Wildman–Crippen MR) is 88.5 cm³/mol. The van der Waals surface area contributed by atoms with Gasteiger partial charge < -0.3 is 5.73 Å². The summed E-state index contributed by atoms with van der Waals surface area (Å²) in [6, 6.07) is 10.1. The molecule has 4 nitrogen and oxygen atoms in total. The second-order valence-corrected chi connectivity index (χ2v) is 5.69. The summed E-state index contributed by atoms with van der Waals surface area (Å²) in [5.74, 6) is 0.0161. The number of hydrogen-bond donors (Lipinski definition) is 1. The summed E-state index contributed by atoms with van der Waals surface area (Å²) >= 11 is 0. The maximum atomic E-state index is 12.4. The minimum atomic E-state index is -0.0641. The Morgan fingerprint density at radius 2 is 1.91 bits per heavy atom. The van der Waals surface area contributed by atoms with Gasteiger partial charge in [-0.3, -0.25) is 14.3 Å². The highest BCUT2D eigenvalue weighted by Gasteiger charge is 2.16. The molecule has 2 heterocycles. The van der Waals surface area contributed by atoms with E-state index >= 15 is 0 Å². The lowest BCUT2D eigenvalue weighted by Crippen LogP contribution is -2.15. The lowest BCUT2D eigenvalue weighted by molar-refractivity contribution is 0.0860. The SMILES string of the molecule is CC(C)C(=O)n1cc(CN)c2ccc(-c3ccncc3)cc21. The van der Waals surface area contributed by atoms with Crippen molar-refractivity contribution in [3.05, 3.63) is 54.5 Å². The molecule has 0 spiro atoms. The van der Waals surface area contributed by atoms with Gasteiger partial charge in [-0.05, 0) is 34.9 Å². The van der Waals surface area contributed by atoms with Crippen molar-refractivity contribution in [2.24, 2.45) is 11.7 Å². The first-order valence-electron chi connectivity index (χ1n) is 7.40. The standard InChI is InChI=1S/C18H19N3O/c1-12(2)18(22)21-11-15(10-19)16-4-3-14(9-17(16)21)13-5-7-20-8-6-13/h3-9,11-12H,10,19H2,1-2H3. The summed E-state index contributed by atoms with van der Waals surface area (Å²) < 4.78 is 1.73. The summed E-state index contributed by atoms with van der Waals surface area (Å²) in [5.41, 5.74) is 9.87. The lowest BCUT2D eigenvalue weighted by Gasteiger charge is -2.08. The molecule has 4 heteroatoms. The molecule has 0 aliphatic carbocycles. The first-order chi connectivity index (χ1) is 10.6. The van der Waals surface area contributed by atoms with Crippen LogP contribution in [0.25, 0.3) is 22.0 Å². The zero-order chi connectivity index (χ0) is 15.7. The number of aromatic nitrogens is 2. The van der Waals surface area contributed by atoms with Crippen LogP contribution in [0.1, 0.15) is 24.2 Å². The molecule has 3 rings (SSSR count). The van der Waals surface area contributed by atoms with Crippen molar-refractivity contribution >= 4 is 16.8 Å². The molecule has 22 heavy (non-hydrogen) atoms. The highest BCUT2D eigenvalue weighted by atomic mass is 16.2. The Kier molecular flexibility index (Phi) is 3.77. The van der Waals surface area contributed by atoms with Gasteiger partial charge in [0.1, 0.15) is 0 Å². The summed E-state index contributed by atoms with van der Waals surface area (Å²) in [7, 11) is 0. The summed E-state index contributed by atoms with van der Waals surface area (Å²) in [6.07, 6.45) is 5.40. The van der Waals surface area contributed by atoms with Gasteiger partial charge in [0.2, 0.25) is 5.91 Å². The van der Waals surface area contributed by atoms with Crippen molar-refractivity contribution in [1.29, 1.82) is 0 Å². The maximum absolute atomic E-state index is 12.4. The van der Waals surface area contributed by atoms with E-state index in [1.807, 2.05) is 44.3 Å². The molecule has 0 fully saturated rings. The molecule has 2 aromatic heterocycles. The number of hydrogen-bond acceptors (Lipinski definition) is 3. The van der Waals surface area contributed by atoms with Crippen molar-refractivity contribution in [1.82, 2.24) is 9.55 Å². The van der Waals surface area contributed by atoms with Crippen molar-refractivity contribution in [3.8, 4) is 11.1 Å². The molecule has 0 bridgehead atoms. The monoisotopic (exact) mass is 293 g/mol. The third-order valence-electron chi connectivity index (χ3n) is 3.85. The maximum Gasteiger partial charge on any atom is 0.233 e. The first kappa shape index (κ1) is 14.5. The number of rotatable bonds is 3. The van der Waals surface area contributed by atoms with E-state index in [-0.39, 0.29) is 11.8 Å². The van der Waals surface area contributed by atoms with Crippen LogP contribution in [-0.4, -0.2) is 15.5 Å². The topological polar surface area (TPSA) is 60.9 Å². The average molecular weight is 293 g/mol. The van der Waals surface area contributed by atoms with Crippen molar-refractivity contribution < 1.29 is 4.79 Å². The fraction of sp³-hybridized carbons (Fsp3) is 0.222. The number of pyridine rings is 1. The summed E-state index contributed by atoms with van der Waals surface area (Å²) in [6.45, 7) is 4.23. The van der Waals surface area contributed by atoms with Gasteiger partial charge in [0.15, 0.2) is 0 Å². The van der Waals surface area contributed by atoms with Crippen LogP contribution in [0, 0.1) is 5.92 Å². The summed E-state index contributed by atoms with van der Waals surface area (Å²) in [4.78, 5) is 16.5. The third-order valence-corrected chi connectivity index (χ3v) is 3.85. The number of nitrogens with zero attached hydrogens (tertiary/aromatic N) is 2. The largest absolute Gasteiger partial charge is 0.326 e. The number of benzene rings is 1. The molecule has 112 valence electrons. The van der Waals surface area contributed by atoms with Crippen molar-refractivity contribution in [2.75, 3.05) is 0 Å². The Hall–Kier alpha value is -2.46. The minimum Gasteiger partial charge on any atom is -0.326 e. The van der Waals surface area contributed by atoms with E-state index in [1.54, 1.807) is 17.0 Å². The highest BCUT2D eigenvalue weighted by molar-refractivity contribution is 5.97. The van der Waals surface area contributed by atoms with Gasteiger partial charge >= 0.3 is 0 Å². The van der Waals surface area contributed by atoms with E-state index in [9.17, 15) is 4.79 Å². The molecule has 0 unspecified atom stereocenters. The van der Waals surface area contributed by atoms with E-state index in [2.05, 4.69) is 11.1 Å². The molecule has 0 aliphatic rings. The Bertz CT molecular complexity index is 819. The second-order valence-electron chi connectivity index (χ2n) is 5.69. The number of fused-ring (bicyclic) bond motifs is 1. The molecule has 2 N–H and O–H groups in total. The van der Waals surface area contributed by atoms with E-state index in [4.69, 9.17) is 5.73 Å². The fourth-order valence-electron chi connectivity index (χ4n) is 2.64. The van der Waals surface area contributed by atoms with Crippen LogP contribution in [-0.2, 0) is 6.54 Å². The van der Waals surface area contributed by atoms with Crippen LogP contribution < -0.4 is 5.73 Å². The van der Waals surface area contributed by atoms with Gasteiger partial charge in [0.25, 0.3) is 0 Å². The Morgan fingerprint density at radius 3 is 2.55 bits per heavy atom. The molecule has 3 aromatic rings. The van der Waals surface area contributed by atoms with Crippen LogP contribution in [0.3, 0.4) is 0 Å². The van der Waals surface area contributed by atoms with Crippen LogP contribution in [0.15, 0.2) is 48.9 Å². The molecule has 0 saturated heterocycles. The second kappa shape index (κ2) is 5.73. The number of carbonyl (C=O) groups excluding carboxylic acids is 1. The number of carbonyl (C=O) groups is 1. The van der Waals surface area contributed by atoms with E-state index in [0.717, 1.165) is 27.6 Å². The van der Waals surface area contributed by atoms with E-state index in [0.29, 0.717) is 6.54 Å². The van der Waals surface area contributed by atoms with E-state index < -0.39 is 0 Å². The zero-order valence-electron chi connectivity index (χ0n) is 12.8. The highest BCUT2D eigenvalue weighted by Crippen LogP contribution is 2.28.